The van der Waals surface area contributed by atoms with Crippen molar-refractivity contribution in [1.29, 1.82) is 0 Å². The average molecular weight is 287 g/mol. The van der Waals surface area contributed by atoms with Gasteiger partial charge in [0.1, 0.15) is 12.1 Å². The van der Waals surface area contributed by atoms with Gasteiger partial charge in [-0.05, 0) is 24.1 Å². The summed E-state index contributed by atoms with van der Waals surface area (Å²) in [5.74, 6) is 2.55. The molecule has 2 rings (SSSR count). The van der Waals surface area contributed by atoms with E-state index in [0.29, 0.717) is 17.4 Å². The second kappa shape index (κ2) is 6.43. The summed E-state index contributed by atoms with van der Waals surface area (Å²) in [7, 11) is 5.12. The Bertz CT molecular complexity index is 627. The lowest BCUT2D eigenvalue weighted by atomic mass is 9.97. The van der Waals surface area contributed by atoms with Crippen LogP contribution in [-0.2, 0) is 0 Å². The number of rotatable bonds is 5. The zero-order valence-corrected chi connectivity index (χ0v) is 13.1. The Kier molecular flexibility index (Phi) is 4.62. The average Bonchev–Trinajstić information content (AvgIpc) is 2.53. The lowest BCUT2D eigenvalue weighted by molar-refractivity contribution is 0.355. The third-order valence-electron chi connectivity index (χ3n) is 3.36. The van der Waals surface area contributed by atoms with Gasteiger partial charge < -0.3 is 14.8 Å². The molecule has 1 heterocycles. The zero-order valence-electron chi connectivity index (χ0n) is 13.1. The highest BCUT2D eigenvalue weighted by atomic mass is 16.5. The van der Waals surface area contributed by atoms with Crippen LogP contribution in [-0.4, -0.2) is 31.2 Å². The Labute approximate surface area is 125 Å². The normalized spacial score (nSPS) is 10.6. The van der Waals surface area contributed by atoms with Crippen molar-refractivity contribution in [2.24, 2.45) is 0 Å². The van der Waals surface area contributed by atoms with Crippen LogP contribution in [0.4, 0.5) is 5.82 Å². The van der Waals surface area contributed by atoms with E-state index in [0.717, 1.165) is 22.6 Å². The van der Waals surface area contributed by atoms with E-state index < -0.39 is 0 Å². The first-order chi connectivity index (χ1) is 10.1. The Morgan fingerprint density at radius 1 is 1.05 bits per heavy atom. The summed E-state index contributed by atoms with van der Waals surface area (Å²) in [5, 5.41) is 3.13. The van der Waals surface area contributed by atoms with Gasteiger partial charge in [-0.1, -0.05) is 13.8 Å². The van der Waals surface area contributed by atoms with Gasteiger partial charge in [-0.3, -0.25) is 0 Å². The molecule has 5 nitrogen and oxygen atoms in total. The van der Waals surface area contributed by atoms with E-state index in [1.54, 1.807) is 20.5 Å². The molecule has 112 valence electrons. The smallest absolute Gasteiger partial charge is 0.161 e. The van der Waals surface area contributed by atoms with Crippen LogP contribution >= 0.6 is 0 Å². The summed E-state index contributed by atoms with van der Waals surface area (Å²) < 4.78 is 10.7. The van der Waals surface area contributed by atoms with Crippen LogP contribution in [0.3, 0.4) is 0 Å². The van der Waals surface area contributed by atoms with Gasteiger partial charge in [-0.15, -0.1) is 0 Å². The van der Waals surface area contributed by atoms with Crippen LogP contribution < -0.4 is 14.8 Å². The van der Waals surface area contributed by atoms with Gasteiger partial charge in [0.25, 0.3) is 0 Å². The molecule has 1 N–H and O–H groups in total. The molecule has 0 radical (unpaired) electrons. The highest BCUT2D eigenvalue weighted by molar-refractivity contribution is 5.71. The number of anilines is 1. The van der Waals surface area contributed by atoms with Crippen molar-refractivity contribution in [2.75, 3.05) is 26.6 Å². The third kappa shape index (κ3) is 2.91. The SMILES string of the molecule is CNc1ncnc(-c2ccc(OC)c(OC)c2)c1C(C)C. The summed E-state index contributed by atoms with van der Waals surface area (Å²) in [5.41, 5.74) is 2.98. The number of aromatic nitrogens is 2. The molecule has 0 saturated carbocycles. The van der Waals surface area contributed by atoms with E-state index in [2.05, 4.69) is 29.1 Å². The number of hydrogen-bond acceptors (Lipinski definition) is 5. The second-order valence-electron chi connectivity index (χ2n) is 4.96. The fraction of sp³-hybridized carbons (Fsp3) is 0.375. The van der Waals surface area contributed by atoms with Crippen molar-refractivity contribution in [1.82, 2.24) is 9.97 Å². The number of nitrogens with one attached hydrogen (secondary N) is 1. The van der Waals surface area contributed by atoms with E-state index in [1.807, 2.05) is 25.2 Å². The molecule has 2 aromatic rings. The van der Waals surface area contributed by atoms with Crippen molar-refractivity contribution in [3.05, 3.63) is 30.1 Å². The van der Waals surface area contributed by atoms with Gasteiger partial charge >= 0.3 is 0 Å². The summed E-state index contributed by atoms with van der Waals surface area (Å²) >= 11 is 0. The number of nitrogens with zero attached hydrogens (tertiary/aromatic N) is 2. The molecule has 0 fully saturated rings. The van der Waals surface area contributed by atoms with Crippen LogP contribution in [0.5, 0.6) is 11.5 Å². The third-order valence-corrected chi connectivity index (χ3v) is 3.36. The Balaban J connectivity index is 2.61. The predicted molar refractivity (Wildman–Crippen MR) is 84.2 cm³/mol. The van der Waals surface area contributed by atoms with E-state index in [4.69, 9.17) is 9.47 Å². The van der Waals surface area contributed by atoms with Crippen molar-refractivity contribution in [2.45, 2.75) is 19.8 Å². The molecule has 1 aromatic carbocycles. The minimum atomic E-state index is 0.303. The van der Waals surface area contributed by atoms with E-state index in [-0.39, 0.29) is 0 Å². The van der Waals surface area contributed by atoms with Gasteiger partial charge in [0, 0.05) is 18.2 Å². The lowest BCUT2D eigenvalue weighted by Gasteiger charge is -2.16. The highest BCUT2D eigenvalue weighted by Crippen LogP contribution is 2.36. The van der Waals surface area contributed by atoms with Gasteiger partial charge in [0.15, 0.2) is 11.5 Å². The second-order valence-corrected chi connectivity index (χ2v) is 4.96. The van der Waals surface area contributed by atoms with Crippen LogP contribution in [0, 0.1) is 0 Å². The van der Waals surface area contributed by atoms with Crippen LogP contribution in [0.15, 0.2) is 24.5 Å². The monoisotopic (exact) mass is 287 g/mol. The Hall–Kier alpha value is -2.30. The van der Waals surface area contributed by atoms with Crippen LogP contribution in [0.25, 0.3) is 11.3 Å². The van der Waals surface area contributed by atoms with Gasteiger partial charge in [0.05, 0.1) is 19.9 Å². The minimum absolute atomic E-state index is 0.303. The molecule has 5 heteroatoms. The van der Waals surface area contributed by atoms with Crippen molar-refractivity contribution in [3.8, 4) is 22.8 Å². The molecule has 0 amide bonds. The standard InChI is InChI=1S/C16H21N3O2/c1-10(2)14-15(18-9-19-16(14)17-3)11-6-7-12(20-4)13(8-11)21-5/h6-10H,1-5H3,(H,17,18,19). The molecule has 0 saturated heterocycles. The number of methoxy groups -OCH3 is 2. The maximum Gasteiger partial charge on any atom is 0.161 e. The number of hydrogen-bond donors (Lipinski definition) is 1. The van der Waals surface area contributed by atoms with Crippen molar-refractivity contribution in [3.63, 3.8) is 0 Å². The van der Waals surface area contributed by atoms with Crippen LogP contribution in [0.2, 0.25) is 0 Å². The molecule has 1 aromatic heterocycles. The molecule has 0 unspecified atom stereocenters. The Morgan fingerprint density at radius 2 is 1.76 bits per heavy atom. The zero-order chi connectivity index (χ0) is 15.4. The van der Waals surface area contributed by atoms with Crippen LogP contribution in [0.1, 0.15) is 25.3 Å². The summed E-state index contributed by atoms with van der Waals surface area (Å²) in [6, 6.07) is 5.81. The molecule has 0 aliphatic heterocycles. The fourth-order valence-corrected chi connectivity index (χ4v) is 2.36. The van der Waals surface area contributed by atoms with E-state index in [9.17, 15) is 0 Å². The molecule has 0 aliphatic carbocycles. The first-order valence-electron chi connectivity index (χ1n) is 6.87. The topological polar surface area (TPSA) is 56.3 Å². The number of ether oxygens (including phenoxy) is 2. The number of benzene rings is 1. The van der Waals surface area contributed by atoms with Gasteiger partial charge in [-0.25, -0.2) is 9.97 Å². The molecule has 21 heavy (non-hydrogen) atoms. The highest BCUT2D eigenvalue weighted by Gasteiger charge is 2.17. The summed E-state index contributed by atoms with van der Waals surface area (Å²) in [4.78, 5) is 8.76. The molecular formula is C16H21N3O2. The van der Waals surface area contributed by atoms with E-state index in [1.165, 1.54) is 0 Å². The molecular weight excluding hydrogens is 266 g/mol. The Morgan fingerprint density at radius 3 is 2.33 bits per heavy atom. The van der Waals surface area contributed by atoms with E-state index >= 15 is 0 Å². The minimum Gasteiger partial charge on any atom is -0.493 e. The molecule has 0 spiro atoms. The first-order valence-corrected chi connectivity index (χ1v) is 6.87. The first kappa shape index (κ1) is 15.1. The molecule has 0 bridgehead atoms. The summed E-state index contributed by atoms with van der Waals surface area (Å²) in [6.07, 6.45) is 1.57. The molecule has 0 aliphatic rings. The maximum absolute atomic E-state index is 5.37. The summed E-state index contributed by atoms with van der Waals surface area (Å²) in [6.45, 7) is 4.26. The molecule has 0 atom stereocenters. The van der Waals surface area contributed by atoms with Crippen molar-refractivity contribution < 1.29 is 9.47 Å². The quantitative estimate of drug-likeness (QED) is 0.914. The largest absolute Gasteiger partial charge is 0.493 e. The van der Waals surface area contributed by atoms with Gasteiger partial charge in [-0.2, -0.15) is 0 Å². The fourth-order valence-electron chi connectivity index (χ4n) is 2.36. The van der Waals surface area contributed by atoms with Gasteiger partial charge in [0.2, 0.25) is 0 Å². The van der Waals surface area contributed by atoms with Crippen molar-refractivity contribution >= 4 is 5.82 Å². The maximum atomic E-state index is 5.37. The predicted octanol–water partition coefficient (Wildman–Crippen LogP) is 3.33. The lowest BCUT2D eigenvalue weighted by Crippen LogP contribution is -2.04.